The van der Waals surface area contributed by atoms with Gasteiger partial charge in [-0.1, -0.05) is 87.4 Å². The Morgan fingerprint density at radius 3 is 1.95 bits per heavy atom. The van der Waals surface area contributed by atoms with Crippen molar-refractivity contribution in [3.8, 4) is 11.1 Å². The molecule has 0 bridgehead atoms. The number of hydrogen-bond donors (Lipinski definition) is 0. The number of hydrogen-bond acceptors (Lipinski definition) is 4. The van der Waals surface area contributed by atoms with E-state index in [1.54, 1.807) is 0 Å². The fraction of sp³-hybridized carbons (Fsp3) is 0.562. The number of aryl methyl sites for hydroxylation is 1. The van der Waals surface area contributed by atoms with Crippen molar-refractivity contribution in [2.45, 2.75) is 97.5 Å². The van der Waals surface area contributed by atoms with Gasteiger partial charge in [-0.25, -0.2) is 0 Å². The van der Waals surface area contributed by atoms with Gasteiger partial charge in [-0.2, -0.15) is 0 Å². The summed E-state index contributed by atoms with van der Waals surface area (Å²) in [6.45, 7) is 15.0. The molecule has 0 fully saturated rings. The summed E-state index contributed by atoms with van der Waals surface area (Å²) in [6, 6.07) is 17.2. The van der Waals surface area contributed by atoms with Gasteiger partial charge in [-0.3, -0.25) is 9.59 Å². The van der Waals surface area contributed by atoms with Gasteiger partial charge in [0.25, 0.3) is 0 Å². The standard InChI is InChI=1S/C32H47ClO4Si/c1-8-9-10-27(31(35)37-32(2,3)4)23-28(30(34)36-21-22-38(5,6)7)16-13-24-11-14-25(15-12-24)26-17-19-29(33)20-18-26/h11-12,14-15,17-20,27-28H,8-10,13,16,21-23H2,1-7H3/t27-,28-/m0/s1. The molecule has 2 rings (SSSR count). The maximum atomic E-state index is 13.3. The molecule has 0 radical (unpaired) electrons. The maximum Gasteiger partial charge on any atom is 0.309 e. The summed E-state index contributed by atoms with van der Waals surface area (Å²) >= 11 is 6.02. The van der Waals surface area contributed by atoms with Crippen LogP contribution in [0.15, 0.2) is 48.5 Å². The molecule has 0 aliphatic heterocycles. The molecule has 0 aliphatic rings. The number of rotatable bonds is 14. The molecule has 0 amide bonds. The number of carbonyl (C=O) groups is 2. The molecular formula is C32H47ClO4Si. The van der Waals surface area contributed by atoms with Gasteiger partial charge in [0.15, 0.2) is 0 Å². The van der Waals surface area contributed by atoms with Gasteiger partial charge in [0, 0.05) is 13.1 Å². The van der Waals surface area contributed by atoms with Crippen molar-refractivity contribution in [3.05, 3.63) is 59.1 Å². The Labute approximate surface area is 236 Å². The first-order chi connectivity index (χ1) is 17.8. The zero-order chi connectivity index (χ0) is 28.3. The third-order valence-corrected chi connectivity index (χ3v) is 8.51. The maximum absolute atomic E-state index is 13.3. The molecule has 2 atom stereocenters. The van der Waals surface area contributed by atoms with E-state index in [1.165, 1.54) is 0 Å². The number of benzene rings is 2. The first kappa shape index (κ1) is 32.1. The SMILES string of the molecule is CCCC[C@@H](C[C@H](CCc1ccc(-c2ccc(Cl)cc2)cc1)C(=O)OCC[Si](C)(C)C)C(=O)OC(C)(C)C. The average molecular weight is 559 g/mol. The molecule has 6 heteroatoms. The van der Waals surface area contributed by atoms with E-state index in [0.29, 0.717) is 19.4 Å². The Kier molecular flexibility index (Phi) is 12.6. The molecule has 0 saturated heterocycles. The van der Waals surface area contributed by atoms with Gasteiger partial charge in [0.1, 0.15) is 5.60 Å². The molecule has 2 aromatic rings. The molecule has 0 unspecified atom stereocenters. The first-order valence-electron chi connectivity index (χ1n) is 14.0. The second-order valence-electron chi connectivity index (χ2n) is 12.5. The first-order valence-corrected chi connectivity index (χ1v) is 18.1. The van der Waals surface area contributed by atoms with Gasteiger partial charge in [-0.05, 0) is 81.3 Å². The van der Waals surface area contributed by atoms with E-state index in [4.69, 9.17) is 21.1 Å². The number of ether oxygens (including phenoxy) is 2. The van der Waals surface area contributed by atoms with Gasteiger partial charge in [0.05, 0.1) is 18.4 Å². The normalized spacial score (nSPS) is 13.6. The van der Waals surface area contributed by atoms with Crippen LogP contribution in [-0.2, 0) is 25.5 Å². The van der Waals surface area contributed by atoms with Gasteiger partial charge < -0.3 is 9.47 Å². The summed E-state index contributed by atoms with van der Waals surface area (Å²) in [7, 11) is -1.32. The van der Waals surface area contributed by atoms with E-state index in [-0.39, 0.29) is 23.8 Å². The number of esters is 2. The number of carbonyl (C=O) groups excluding carboxylic acids is 2. The highest BCUT2D eigenvalue weighted by molar-refractivity contribution is 6.76. The van der Waals surface area contributed by atoms with Crippen LogP contribution >= 0.6 is 11.6 Å². The second kappa shape index (κ2) is 14.9. The van der Waals surface area contributed by atoms with E-state index in [9.17, 15) is 9.59 Å². The van der Waals surface area contributed by atoms with Crippen molar-refractivity contribution < 1.29 is 19.1 Å². The lowest BCUT2D eigenvalue weighted by Gasteiger charge is -2.26. The van der Waals surface area contributed by atoms with Gasteiger partial charge in [-0.15, -0.1) is 0 Å². The Hall–Kier alpha value is -2.11. The van der Waals surface area contributed by atoms with E-state index in [0.717, 1.165) is 53.4 Å². The zero-order valence-electron chi connectivity index (χ0n) is 24.4. The lowest BCUT2D eigenvalue weighted by atomic mass is 9.86. The van der Waals surface area contributed by atoms with E-state index in [1.807, 2.05) is 45.0 Å². The van der Waals surface area contributed by atoms with E-state index < -0.39 is 13.7 Å². The summed E-state index contributed by atoms with van der Waals surface area (Å²) in [5, 5.41) is 0.719. The molecule has 0 N–H and O–H groups in total. The Morgan fingerprint density at radius 1 is 0.868 bits per heavy atom. The largest absolute Gasteiger partial charge is 0.466 e. The van der Waals surface area contributed by atoms with Crippen LogP contribution in [0.3, 0.4) is 0 Å². The van der Waals surface area contributed by atoms with Crippen LogP contribution in [0.4, 0.5) is 0 Å². The van der Waals surface area contributed by atoms with Crippen LogP contribution in [0.1, 0.15) is 65.4 Å². The summed E-state index contributed by atoms with van der Waals surface area (Å²) < 4.78 is 11.5. The molecule has 0 spiro atoms. The third-order valence-electron chi connectivity index (χ3n) is 6.56. The topological polar surface area (TPSA) is 52.6 Å². The zero-order valence-corrected chi connectivity index (χ0v) is 26.2. The second-order valence-corrected chi connectivity index (χ2v) is 18.6. The van der Waals surface area contributed by atoms with Gasteiger partial charge >= 0.3 is 11.9 Å². The van der Waals surface area contributed by atoms with Crippen LogP contribution in [0.25, 0.3) is 11.1 Å². The molecule has 0 aromatic heterocycles. The Bertz CT molecular complexity index is 1000. The summed E-state index contributed by atoms with van der Waals surface area (Å²) in [5.41, 5.74) is 2.84. The van der Waals surface area contributed by atoms with Crippen molar-refractivity contribution in [3.63, 3.8) is 0 Å². The minimum atomic E-state index is -1.32. The highest BCUT2D eigenvalue weighted by Gasteiger charge is 2.31. The molecule has 0 saturated carbocycles. The van der Waals surface area contributed by atoms with Crippen molar-refractivity contribution in [1.29, 1.82) is 0 Å². The molecule has 0 aliphatic carbocycles. The summed E-state index contributed by atoms with van der Waals surface area (Å²) in [4.78, 5) is 26.3. The highest BCUT2D eigenvalue weighted by Crippen LogP contribution is 2.28. The molecule has 0 heterocycles. The van der Waals surface area contributed by atoms with Crippen LogP contribution in [0, 0.1) is 11.8 Å². The van der Waals surface area contributed by atoms with Crippen molar-refractivity contribution in [2.24, 2.45) is 11.8 Å². The molecule has 2 aromatic carbocycles. The molecule has 4 nitrogen and oxygen atoms in total. The predicted octanol–water partition coefficient (Wildman–Crippen LogP) is 8.98. The van der Waals surface area contributed by atoms with E-state index >= 15 is 0 Å². The van der Waals surface area contributed by atoms with Crippen LogP contribution < -0.4 is 0 Å². The van der Waals surface area contributed by atoms with E-state index in [2.05, 4.69) is 50.8 Å². The monoisotopic (exact) mass is 558 g/mol. The van der Waals surface area contributed by atoms with Crippen LogP contribution in [-0.4, -0.2) is 32.2 Å². The molecular weight excluding hydrogens is 512 g/mol. The number of unbranched alkanes of at least 4 members (excludes halogenated alkanes) is 1. The minimum absolute atomic E-state index is 0.189. The fourth-order valence-corrected chi connectivity index (χ4v) is 5.11. The predicted molar refractivity (Wildman–Crippen MR) is 161 cm³/mol. The average Bonchev–Trinajstić information content (AvgIpc) is 2.82. The van der Waals surface area contributed by atoms with Crippen molar-refractivity contribution >= 4 is 31.6 Å². The third kappa shape index (κ3) is 12.2. The lowest BCUT2D eigenvalue weighted by molar-refractivity contribution is -0.162. The molecule has 38 heavy (non-hydrogen) atoms. The van der Waals surface area contributed by atoms with Crippen molar-refractivity contribution in [1.82, 2.24) is 0 Å². The number of halogens is 1. The Balaban J connectivity index is 2.15. The fourth-order valence-electron chi connectivity index (χ4n) is 4.27. The molecule has 210 valence electrons. The minimum Gasteiger partial charge on any atom is -0.466 e. The smallest absolute Gasteiger partial charge is 0.309 e. The quantitative estimate of drug-likeness (QED) is 0.171. The summed E-state index contributed by atoms with van der Waals surface area (Å²) in [6.07, 6.45) is 4.47. The summed E-state index contributed by atoms with van der Waals surface area (Å²) in [5.74, 6) is -1.05. The Morgan fingerprint density at radius 2 is 1.42 bits per heavy atom. The van der Waals surface area contributed by atoms with Crippen LogP contribution in [0.2, 0.25) is 30.7 Å². The van der Waals surface area contributed by atoms with Crippen LogP contribution in [0.5, 0.6) is 0 Å². The lowest BCUT2D eigenvalue weighted by Crippen LogP contribution is -2.32. The van der Waals surface area contributed by atoms with Crippen molar-refractivity contribution in [2.75, 3.05) is 6.61 Å². The van der Waals surface area contributed by atoms with Gasteiger partial charge in [0.2, 0.25) is 0 Å². The highest BCUT2D eigenvalue weighted by atomic mass is 35.5.